The molecular weight excluding hydrogens is 280 g/mol. The van der Waals surface area contributed by atoms with Gasteiger partial charge < -0.3 is 15.3 Å². The van der Waals surface area contributed by atoms with Crippen molar-refractivity contribution in [2.45, 2.75) is 91.6 Å². The zero-order valence-electron chi connectivity index (χ0n) is 14.9. The molecule has 0 radical (unpaired) electrons. The van der Waals surface area contributed by atoms with E-state index in [1.807, 2.05) is 13.8 Å². The fourth-order valence-corrected chi connectivity index (χ4v) is 3.92. The van der Waals surface area contributed by atoms with E-state index in [9.17, 15) is 20.1 Å². The van der Waals surface area contributed by atoms with E-state index >= 15 is 0 Å². The van der Waals surface area contributed by atoms with Crippen LogP contribution in [-0.2, 0) is 4.79 Å². The molecule has 0 fully saturated rings. The van der Waals surface area contributed by atoms with Crippen LogP contribution in [0.15, 0.2) is 0 Å². The molecule has 0 aromatic carbocycles. The van der Waals surface area contributed by atoms with Gasteiger partial charge in [-0.2, -0.15) is 0 Å². The predicted octanol–water partition coefficient (Wildman–Crippen LogP) is 3.99. The molecule has 3 N–H and O–H groups in total. The van der Waals surface area contributed by atoms with Gasteiger partial charge in [-0.25, -0.2) is 0 Å². The maximum Gasteiger partial charge on any atom is 0.312 e. The van der Waals surface area contributed by atoms with E-state index < -0.39 is 17.5 Å². The Balaban J connectivity index is 5.42. The van der Waals surface area contributed by atoms with Gasteiger partial charge in [0.2, 0.25) is 0 Å². The Morgan fingerprint density at radius 3 is 1.59 bits per heavy atom. The van der Waals surface area contributed by atoms with Crippen LogP contribution in [0.3, 0.4) is 0 Å². The van der Waals surface area contributed by atoms with Crippen LogP contribution in [0.2, 0.25) is 0 Å². The Morgan fingerprint density at radius 2 is 1.32 bits per heavy atom. The van der Waals surface area contributed by atoms with Crippen LogP contribution in [0, 0.1) is 10.8 Å². The van der Waals surface area contributed by atoms with Crippen molar-refractivity contribution in [3.8, 4) is 0 Å². The second-order valence-corrected chi connectivity index (χ2v) is 6.84. The second-order valence-electron chi connectivity index (χ2n) is 6.84. The van der Waals surface area contributed by atoms with Gasteiger partial charge in [-0.15, -0.1) is 0 Å². The summed E-state index contributed by atoms with van der Waals surface area (Å²) >= 11 is 0. The fourth-order valence-electron chi connectivity index (χ4n) is 3.92. The van der Waals surface area contributed by atoms with Crippen LogP contribution in [0.5, 0.6) is 0 Å². The number of rotatable bonds is 13. The van der Waals surface area contributed by atoms with E-state index in [-0.39, 0.29) is 12.0 Å². The van der Waals surface area contributed by atoms with E-state index in [4.69, 9.17) is 0 Å². The highest BCUT2D eigenvalue weighted by Gasteiger charge is 2.46. The van der Waals surface area contributed by atoms with Gasteiger partial charge in [-0.3, -0.25) is 4.79 Å². The molecule has 4 heteroatoms. The number of aliphatic hydroxyl groups excluding tert-OH is 2. The van der Waals surface area contributed by atoms with Crippen molar-refractivity contribution in [3.05, 3.63) is 0 Å². The SMILES string of the molecule is CCCC(CO)(CCC)CC(O)C(CCC)(CCC)C(=O)O. The minimum Gasteiger partial charge on any atom is -0.481 e. The first kappa shape index (κ1) is 21.4. The monoisotopic (exact) mass is 316 g/mol. The average Bonchev–Trinajstić information content (AvgIpc) is 2.46. The van der Waals surface area contributed by atoms with Crippen LogP contribution in [0.4, 0.5) is 0 Å². The summed E-state index contributed by atoms with van der Waals surface area (Å²) in [6.45, 7) is 8.05. The Kier molecular flexibility index (Phi) is 9.94. The third-order valence-electron chi connectivity index (χ3n) is 4.98. The third kappa shape index (κ3) is 5.24. The normalized spacial score (nSPS) is 14.1. The smallest absolute Gasteiger partial charge is 0.312 e. The molecule has 1 unspecified atom stereocenters. The summed E-state index contributed by atoms with van der Waals surface area (Å²) in [7, 11) is 0. The maximum absolute atomic E-state index is 11.9. The first-order chi connectivity index (χ1) is 10.4. The molecule has 0 saturated heterocycles. The van der Waals surface area contributed by atoms with Gasteiger partial charge in [-0.1, -0.05) is 53.4 Å². The molecule has 1 atom stereocenters. The number of hydrogen-bond acceptors (Lipinski definition) is 3. The summed E-state index contributed by atoms with van der Waals surface area (Å²) in [6.07, 6.45) is 5.39. The minimum atomic E-state index is -1.08. The standard InChI is InChI=1S/C18H36O4/c1-5-9-17(14-19,10-6-2)13-15(20)18(11-7-3,12-8-4)16(21)22/h15,19-20H,5-14H2,1-4H3,(H,21,22). The molecule has 0 heterocycles. The Bertz CT molecular complexity index is 302. The van der Waals surface area contributed by atoms with E-state index in [2.05, 4.69) is 13.8 Å². The van der Waals surface area contributed by atoms with E-state index in [1.165, 1.54) is 0 Å². The van der Waals surface area contributed by atoms with Gasteiger partial charge in [0.25, 0.3) is 0 Å². The van der Waals surface area contributed by atoms with Crippen molar-refractivity contribution in [2.75, 3.05) is 6.61 Å². The lowest BCUT2D eigenvalue weighted by atomic mass is 9.66. The highest BCUT2D eigenvalue weighted by atomic mass is 16.4. The van der Waals surface area contributed by atoms with E-state index in [0.29, 0.717) is 19.3 Å². The molecule has 0 amide bonds. The molecule has 22 heavy (non-hydrogen) atoms. The number of carboxylic acids is 1. The van der Waals surface area contributed by atoms with Crippen LogP contribution in [-0.4, -0.2) is 34.0 Å². The highest BCUT2D eigenvalue weighted by molar-refractivity contribution is 5.75. The molecule has 0 spiro atoms. The van der Waals surface area contributed by atoms with Crippen LogP contribution in [0.1, 0.15) is 85.5 Å². The van der Waals surface area contributed by atoms with Crippen molar-refractivity contribution in [1.82, 2.24) is 0 Å². The van der Waals surface area contributed by atoms with Gasteiger partial charge >= 0.3 is 5.97 Å². The molecule has 0 rings (SSSR count). The summed E-state index contributed by atoms with van der Waals surface area (Å²) in [5.41, 5.74) is -1.43. The zero-order valence-corrected chi connectivity index (χ0v) is 14.9. The van der Waals surface area contributed by atoms with Gasteiger partial charge in [-0.05, 0) is 37.5 Å². The highest BCUT2D eigenvalue weighted by Crippen LogP contribution is 2.43. The molecule has 0 saturated carbocycles. The number of aliphatic carboxylic acids is 1. The summed E-state index contributed by atoms with van der Waals surface area (Å²) in [5, 5.41) is 30.5. The molecule has 0 aliphatic rings. The van der Waals surface area contributed by atoms with Gasteiger partial charge in [0.1, 0.15) is 0 Å². The molecule has 0 aliphatic carbocycles. The average molecular weight is 316 g/mol. The van der Waals surface area contributed by atoms with E-state index in [1.54, 1.807) is 0 Å². The number of carboxylic acid groups (broad SMARTS) is 1. The van der Waals surface area contributed by atoms with Crippen LogP contribution >= 0.6 is 0 Å². The fraction of sp³-hybridized carbons (Fsp3) is 0.944. The topological polar surface area (TPSA) is 77.8 Å². The summed E-state index contributed by atoms with van der Waals surface area (Å²) in [4.78, 5) is 11.9. The van der Waals surface area contributed by atoms with Gasteiger partial charge in [0.15, 0.2) is 0 Å². The van der Waals surface area contributed by atoms with Gasteiger partial charge in [0.05, 0.1) is 11.5 Å². The Morgan fingerprint density at radius 1 is 0.909 bits per heavy atom. The quantitative estimate of drug-likeness (QED) is 0.480. The lowest BCUT2D eigenvalue weighted by Crippen LogP contribution is -2.46. The van der Waals surface area contributed by atoms with Crippen LogP contribution in [0.25, 0.3) is 0 Å². The summed E-state index contributed by atoms with van der Waals surface area (Å²) in [6, 6.07) is 0. The number of hydrogen-bond donors (Lipinski definition) is 3. The minimum absolute atomic E-state index is 0.0136. The maximum atomic E-state index is 11.9. The summed E-state index contributed by atoms with van der Waals surface area (Å²) < 4.78 is 0. The van der Waals surface area contributed by atoms with Crippen LogP contribution < -0.4 is 0 Å². The first-order valence-electron chi connectivity index (χ1n) is 8.90. The Labute approximate surface area is 135 Å². The van der Waals surface area contributed by atoms with E-state index in [0.717, 1.165) is 38.5 Å². The summed E-state index contributed by atoms with van der Waals surface area (Å²) in [5.74, 6) is -0.900. The molecule has 132 valence electrons. The molecule has 4 nitrogen and oxygen atoms in total. The third-order valence-corrected chi connectivity index (χ3v) is 4.98. The van der Waals surface area contributed by atoms with Gasteiger partial charge in [0, 0.05) is 6.61 Å². The zero-order chi connectivity index (χ0) is 17.2. The molecule has 0 aliphatic heterocycles. The Hall–Kier alpha value is -0.610. The largest absolute Gasteiger partial charge is 0.481 e. The molecule has 0 aromatic heterocycles. The molecular formula is C18H36O4. The number of carbonyl (C=O) groups is 1. The lowest BCUT2D eigenvalue weighted by Gasteiger charge is -2.40. The molecule has 0 bridgehead atoms. The first-order valence-corrected chi connectivity index (χ1v) is 8.90. The predicted molar refractivity (Wildman–Crippen MR) is 89.8 cm³/mol. The van der Waals surface area contributed by atoms with Crippen molar-refractivity contribution in [3.63, 3.8) is 0 Å². The lowest BCUT2D eigenvalue weighted by molar-refractivity contribution is -0.161. The van der Waals surface area contributed by atoms with Crippen molar-refractivity contribution in [1.29, 1.82) is 0 Å². The van der Waals surface area contributed by atoms with Crippen molar-refractivity contribution < 1.29 is 20.1 Å². The molecule has 0 aromatic rings. The number of aliphatic hydroxyl groups is 2. The van der Waals surface area contributed by atoms with Crippen molar-refractivity contribution in [2.24, 2.45) is 10.8 Å². The second kappa shape index (κ2) is 10.2. The van der Waals surface area contributed by atoms with Crippen molar-refractivity contribution >= 4 is 5.97 Å².